The number of hydrogen-bond acceptors (Lipinski definition) is 0. The molecule has 0 aromatic heterocycles. The minimum atomic E-state index is -0.169. The summed E-state index contributed by atoms with van der Waals surface area (Å²) < 4.78 is 0. The smallest absolute Gasteiger partial charge is 0.0841 e. The van der Waals surface area contributed by atoms with Gasteiger partial charge in [0, 0.05) is 5.02 Å². The molecule has 1 unspecified atom stereocenters. The van der Waals surface area contributed by atoms with E-state index in [0.717, 1.165) is 21.7 Å². The van der Waals surface area contributed by atoms with Gasteiger partial charge in [0.2, 0.25) is 0 Å². The van der Waals surface area contributed by atoms with Crippen LogP contribution in [0.4, 0.5) is 0 Å². The second-order valence-electron chi connectivity index (χ2n) is 4.94. The van der Waals surface area contributed by atoms with Gasteiger partial charge in [-0.25, -0.2) is 0 Å². The van der Waals surface area contributed by atoms with Crippen LogP contribution in [-0.4, -0.2) is 0 Å². The minimum absolute atomic E-state index is 0.169. The first kappa shape index (κ1) is 13.5. The van der Waals surface area contributed by atoms with E-state index in [4.69, 9.17) is 23.2 Å². The molecule has 2 heteroatoms. The second-order valence-corrected chi connectivity index (χ2v) is 5.78. The van der Waals surface area contributed by atoms with Crippen molar-refractivity contribution in [3.05, 3.63) is 82.4 Å². The molecule has 3 aromatic carbocycles. The first-order chi connectivity index (χ1) is 9.66. The summed E-state index contributed by atoms with van der Waals surface area (Å²) in [7, 11) is 0. The zero-order valence-electron chi connectivity index (χ0n) is 11.1. The predicted molar refractivity (Wildman–Crippen MR) is 87.8 cm³/mol. The van der Waals surface area contributed by atoms with E-state index in [1.807, 2.05) is 31.2 Å². The Kier molecular flexibility index (Phi) is 3.69. The van der Waals surface area contributed by atoms with Crippen molar-refractivity contribution in [2.45, 2.75) is 12.3 Å². The number of rotatable bonds is 2. The molecular weight excluding hydrogens is 287 g/mol. The molecule has 0 aliphatic rings. The molecule has 0 bridgehead atoms. The molecular formula is C18H14Cl2. The minimum Gasteiger partial charge on any atom is -0.113 e. The Bertz CT molecular complexity index is 757. The van der Waals surface area contributed by atoms with Crippen molar-refractivity contribution in [1.29, 1.82) is 0 Å². The highest BCUT2D eigenvalue weighted by Crippen LogP contribution is 2.34. The fourth-order valence-electron chi connectivity index (χ4n) is 2.48. The highest BCUT2D eigenvalue weighted by atomic mass is 35.5. The van der Waals surface area contributed by atoms with Gasteiger partial charge in [-0.1, -0.05) is 66.2 Å². The van der Waals surface area contributed by atoms with Crippen molar-refractivity contribution in [2.24, 2.45) is 0 Å². The molecule has 0 saturated heterocycles. The van der Waals surface area contributed by atoms with E-state index < -0.39 is 0 Å². The highest BCUT2D eigenvalue weighted by Gasteiger charge is 2.14. The van der Waals surface area contributed by atoms with Gasteiger partial charge >= 0.3 is 0 Å². The Morgan fingerprint density at radius 1 is 0.900 bits per heavy atom. The van der Waals surface area contributed by atoms with Crippen molar-refractivity contribution in [1.82, 2.24) is 0 Å². The molecule has 0 amide bonds. The number of hydrogen-bond donors (Lipinski definition) is 0. The molecule has 3 rings (SSSR count). The Hall–Kier alpha value is -1.50. The lowest BCUT2D eigenvalue weighted by Crippen LogP contribution is -1.95. The fraction of sp³-hybridized carbons (Fsp3) is 0.111. The molecule has 0 nitrogen and oxygen atoms in total. The Balaban J connectivity index is 2.12. The molecule has 0 aliphatic heterocycles. The van der Waals surface area contributed by atoms with E-state index in [0.29, 0.717) is 0 Å². The first-order valence-corrected chi connectivity index (χ1v) is 7.36. The van der Waals surface area contributed by atoms with Crippen LogP contribution in [-0.2, 0) is 0 Å². The van der Waals surface area contributed by atoms with Gasteiger partial charge in [0.1, 0.15) is 0 Å². The summed E-state index contributed by atoms with van der Waals surface area (Å²) in [6.45, 7) is 2.00. The molecule has 3 aromatic rings. The molecule has 1 atom stereocenters. The van der Waals surface area contributed by atoms with Crippen molar-refractivity contribution in [3.63, 3.8) is 0 Å². The Morgan fingerprint density at radius 3 is 2.45 bits per heavy atom. The molecule has 20 heavy (non-hydrogen) atoms. The van der Waals surface area contributed by atoms with Crippen LogP contribution in [0.15, 0.2) is 60.7 Å². The molecule has 0 heterocycles. The van der Waals surface area contributed by atoms with Gasteiger partial charge in [0.15, 0.2) is 0 Å². The lowest BCUT2D eigenvalue weighted by atomic mass is 9.97. The third kappa shape index (κ3) is 2.42. The van der Waals surface area contributed by atoms with Crippen LogP contribution in [0.5, 0.6) is 0 Å². The van der Waals surface area contributed by atoms with Crippen LogP contribution in [0.2, 0.25) is 5.02 Å². The summed E-state index contributed by atoms with van der Waals surface area (Å²) >= 11 is 12.8. The fourth-order valence-corrected chi connectivity index (χ4v) is 2.92. The summed E-state index contributed by atoms with van der Waals surface area (Å²) in [5.74, 6) is 0. The maximum absolute atomic E-state index is 6.69. The second kappa shape index (κ2) is 5.47. The van der Waals surface area contributed by atoms with E-state index in [2.05, 4.69) is 36.4 Å². The normalized spacial score (nSPS) is 12.6. The summed E-state index contributed by atoms with van der Waals surface area (Å²) in [5.41, 5.74) is 3.26. The quantitative estimate of drug-likeness (QED) is 0.499. The molecule has 0 spiro atoms. The van der Waals surface area contributed by atoms with Gasteiger partial charge in [-0.15, -0.1) is 11.6 Å². The van der Waals surface area contributed by atoms with Crippen LogP contribution >= 0.6 is 23.2 Å². The van der Waals surface area contributed by atoms with Crippen LogP contribution in [0.25, 0.3) is 10.8 Å². The average molecular weight is 301 g/mol. The van der Waals surface area contributed by atoms with E-state index in [9.17, 15) is 0 Å². The van der Waals surface area contributed by atoms with Crippen molar-refractivity contribution >= 4 is 34.0 Å². The standard InChI is InChI=1S/C18H14Cl2/c1-12-11-14(9-10-17(12)19)18(20)16-8-4-6-13-5-2-3-7-15(13)16/h2-11,18H,1H3. The van der Waals surface area contributed by atoms with Crippen LogP contribution in [0.1, 0.15) is 22.1 Å². The topological polar surface area (TPSA) is 0 Å². The third-order valence-electron chi connectivity index (χ3n) is 3.57. The lowest BCUT2D eigenvalue weighted by Gasteiger charge is -2.14. The monoisotopic (exact) mass is 300 g/mol. The number of benzene rings is 3. The maximum Gasteiger partial charge on any atom is 0.0841 e. The van der Waals surface area contributed by atoms with Crippen molar-refractivity contribution in [3.8, 4) is 0 Å². The summed E-state index contributed by atoms with van der Waals surface area (Å²) in [6, 6.07) is 20.5. The zero-order chi connectivity index (χ0) is 14.1. The van der Waals surface area contributed by atoms with Crippen molar-refractivity contribution in [2.75, 3.05) is 0 Å². The van der Waals surface area contributed by atoms with E-state index in [1.165, 1.54) is 10.8 Å². The molecule has 0 N–H and O–H groups in total. The Morgan fingerprint density at radius 2 is 1.65 bits per heavy atom. The van der Waals surface area contributed by atoms with E-state index in [1.54, 1.807) is 0 Å². The first-order valence-electron chi connectivity index (χ1n) is 6.54. The maximum atomic E-state index is 6.69. The van der Waals surface area contributed by atoms with Gasteiger partial charge in [-0.3, -0.25) is 0 Å². The molecule has 0 aliphatic carbocycles. The number of fused-ring (bicyclic) bond motifs is 1. The van der Waals surface area contributed by atoms with Crippen LogP contribution in [0.3, 0.4) is 0 Å². The summed E-state index contributed by atoms with van der Waals surface area (Å²) in [5, 5.41) is 3.01. The number of aryl methyl sites for hydroxylation is 1. The lowest BCUT2D eigenvalue weighted by molar-refractivity contribution is 1.15. The molecule has 0 radical (unpaired) electrons. The molecule has 100 valence electrons. The van der Waals surface area contributed by atoms with E-state index in [-0.39, 0.29) is 5.38 Å². The van der Waals surface area contributed by atoms with Gasteiger partial charge in [0.25, 0.3) is 0 Å². The average Bonchev–Trinajstić information content (AvgIpc) is 2.49. The highest BCUT2D eigenvalue weighted by molar-refractivity contribution is 6.31. The molecule has 0 fully saturated rings. The zero-order valence-corrected chi connectivity index (χ0v) is 12.6. The van der Waals surface area contributed by atoms with Crippen molar-refractivity contribution < 1.29 is 0 Å². The molecule has 0 saturated carbocycles. The van der Waals surface area contributed by atoms with Crippen LogP contribution < -0.4 is 0 Å². The van der Waals surface area contributed by atoms with E-state index >= 15 is 0 Å². The summed E-state index contributed by atoms with van der Waals surface area (Å²) in [4.78, 5) is 0. The predicted octanol–water partition coefficient (Wildman–Crippen LogP) is 6.13. The van der Waals surface area contributed by atoms with Gasteiger partial charge < -0.3 is 0 Å². The van der Waals surface area contributed by atoms with Gasteiger partial charge in [-0.2, -0.15) is 0 Å². The summed E-state index contributed by atoms with van der Waals surface area (Å²) in [6.07, 6.45) is 0. The van der Waals surface area contributed by atoms with Gasteiger partial charge in [-0.05, 0) is 40.5 Å². The SMILES string of the molecule is Cc1cc(C(Cl)c2cccc3ccccc23)ccc1Cl. The van der Waals surface area contributed by atoms with Gasteiger partial charge in [0.05, 0.1) is 5.38 Å². The Labute approximate surface area is 129 Å². The third-order valence-corrected chi connectivity index (χ3v) is 4.48. The number of halogens is 2. The largest absolute Gasteiger partial charge is 0.113 e. The van der Waals surface area contributed by atoms with Crippen LogP contribution in [0, 0.1) is 6.92 Å². The number of alkyl halides is 1.